The van der Waals surface area contributed by atoms with Gasteiger partial charge in [-0.15, -0.1) is 0 Å². The maximum atomic E-state index is 12.0. The van der Waals surface area contributed by atoms with Crippen LogP contribution in [0.25, 0.3) is 0 Å². The number of esters is 1. The molecule has 0 fully saturated rings. The van der Waals surface area contributed by atoms with Gasteiger partial charge in [0, 0.05) is 6.54 Å². The van der Waals surface area contributed by atoms with Gasteiger partial charge in [0.05, 0.1) is 23.3 Å². The van der Waals surface area contributed by atoms with Crippen LogP contribution >= 0.6 is 0 Å². The Balaban J connectivity index is 1.90. The molecule has 0 saturated heterocycles. The van der Waals surface area contributed by atoms with E-state index in [4.69, 9.17) is 5.14 Å². The number of hydrogen-bond donors (Lipinski definition) is 3. The average molecular weight is 405 g/mol. The molecule has 28 heavy (non-hydrogen) atoms. The minimum atomic E-state index is -3.76. The predicted octanol–water partition coefficient (Wildman–Crippen LogP) is 0.418. The van der Waals surface area contributed by atoms with Gasteiger partial charge in [-0.05, 0) is 36.2 Å². The van der Waals surface area contributed by atoms with Gasteiger partial charge in [-0.3, -0.25) is 9.59 Å². The largest absolute Gasteiger partial charge is 0.465 e. The molecule has 0 aliphatic carbocycles. The number of benzene rings is 2. The summed E-state index contributed by atoms with van der Waals surface area (Å²) in [6, 6.07) is 12.0. The summed E-state index contributed by atoms with van der Waals surface area (Å²) < 4.78 is 27.0. The van der Waals surface area contributed by atoms with E-state index in [2.05, 4.69) is 15.4 Å². The van der Waals surface area contributed by atoms with Gasteiger partial charge in [-0.2, -0.15) is 0 Å². The van der Waals surface area contributed by atoms with Crippen LogP contribution in [-0.4, -0.2) is 39.9 Å². The van der Waals surface area contributed by atoms with Crippen molar-refractivity contribution < 1.29 is 27.5 Å². The minimum Gasteiger partial charge on any atom is -0.465 e. The number of primary sulfonamides is 1. The molecule has 10 heteroatoms. The Morgan fingerprint density at radius 3 is 2.25 bits per heavy atom. The second-order valence-corrected chi connectivity index (χ2v) is 7.25. The Hall–Kier alpha value is -3.24. The highest BCUT2D eigenvalue weighted by atomic mass is 32.2. The Labute approximate surface area is 161 Å². The highest BCUT2D eigenvalue weighted by molar-refractivity contribution is 7.89. The van der Waals surface area contributed by atoms with E-state index in [1.807, 2.05) is 0 Å². The zero-order chi connectivity index (χ0) is 20.7. The number of anilines is 1. The molecule has 0 saturated carbocycles. The molecule has 0 spiro atoms. The first-order valence-corrected chi connectivity index (χ1v) is 9.65. The van der Waals surface area contributed by atoms with Crippen LogP contribution in [0.2, 0.25) is 0 Å². The number of para-hydroxylation sites is 1. The van der Waals surface area contributed by atoms with Crippen molar-refractivity contribution in [2.45, 2.75) is 11.3 Å². The lowest BCUT2D eigenvalue weighted by Crippen LogP contribution is -2.36. The van der Waals surface area contributed by atoms with Crippen LogP contribution in [0.5, 0.6) is 0 Å². The van der Waals surface area contributed by atoms with E-state index in [0.29, 0.717) is 6.42 Å². The Bertz CT molecular complexity index is 987. The predicted molar refractivity (Wildman–Crippen MR) is 101 cm³/mol. The maximum Gasteiger partial charge on any atom is 0.339 e. The number of sulfonamides is 1. The van der Waals surface area contributed by atoms with Crippen LogP contribution < -0.4 is 15.8 Å². The van der Waals surface area contributed by atoms with Crippen molar-refractivity contribution in [1.29, 1.82) is 0 Å². The molecular weight excluding hydrogens is 386 g/mol. The first-order valence-electron chi connectivity index (χ1n) is 8.10. The van der Waals surface area contributed by atoms with E-state index in [1.165, 1.54) is 31.4 Å². The first kappa shape index (κ1) is 21.1. The number of ether oxygens (including phenoxy) is 1. The van der Waals surface area contributed by atoms with Gasteiger partial charge < -0.3 is 15.4 Å². The van der Waals surface area contributed by atoms with Gasteiger partial charge in [0.1, 0.15) is 0 Å². The van der Waals surface area contributed by atoms with Crippen LogP contribution in [0.3, 0.4) is 0 Å². The summed E-state index contributed by atoms with van der Waals surface area (Å²) in [7, 11) is -2.55. The fourth-order valence-corrected chi connectivity index (χ4v) is 2.82. The first-order chi connectivity index (χ1) is 13.2. The molecule has 2 amide bonds. The van der Waals surface area contributed by atoms with Crippen LogP contribution in [0, 0.1) is 0 Å². The number of nitrogens with one attached hydrogen (secondary N) is 2. The molecule has 2 aromatic rings. The van der Waals surface area contributed by atoms with Crippen LogP contribution in [0.15, 0.2) is 53.4 Å². The second kappa shape index (κ2) is 9.11. The molecule has 2 aromatic carbocycles. The molecule has 0 heterocycles. The zero-order valence-corrected chi connectivity index (χ0v) is 15.8. The number of hydrogen-bond acceptors (Lipinski definition) is 6. The summed E-state index contributed by atoms with van der Waals surface area (Å²) in [5.41, 5.74) is 1.04. The smallest absolute Gasteiger partial charge is 0.339 e. The highest BCUT2D eigenvalue weighted by Crippen LogP contribution is 2.15. The standard InChI is InChI=1S/C18H19N3O6S/c1-27-18(24)14-4-2-3-5-15(14)21-17(23)16(22)20-11-10-12-6-8-13(9-7-12)28(19,25)26/h2-9H,10-11H2,1H3,(H,20,22)(H,21,23)(H2,19,25,26). The Kier molecular flexibility index (Phi) is 6.85. The van der Waals surface area contributed by atoms with Gasteiger partial charge in [0.2, 0.25) is 10.0 Å². The highest BCUT2D eigenvalue weighted by Gasteiger charge is 2.17. The molecule has 0 bridgehead atoms. The van der Waals surface area contributed by atoms with E-state index < -0.39 is 27.8 Å². The van der Waals surface area contributed by atoms with E-state index in [9.17, 15) is 22.8 Å². The summed E-state index contributed by atoms with van der Waals surface area (Å²) in [6.07, 6.45) is 0.378. The summed E-state index contributed by atoms with van der Waals surface area (Å²) in [5.74, 6) is -2.44. The average Bonchev–Trinajstić information content (AvgIpc) is 2.67. The normalized spacial score (nSPS) is 10.8. The van der Waals surface area contributed by atoms with Crippen molar-refractivity contribution in [3.8, 4) is 0 Å². The van der Waals surface area contributed by atoms with Crippen molar-refractivity contribution in [2.75, 3.05) is 19.0 Å². The Morgan fingerprint density at radius 1 is 1.00 bits per heavy atom. The minimum absolute atomic E-state index is 0.0102. The fraction of sp³-hybridized carbons (Fsp3) is 0.167. The zero-order valence-electron chi connectivity index (χ0n) is 15.0. The number of rotatable bonds is 6. The topological polar surface area (TPSA) is 145 Å². The summed E-state index contributed by atoms with van der Waals surface area (Å²) in [6.45, 7) is 0.152. The molecule has 9 nitrogen and oxygen atoms in total. The second-order valence-electron chi connectivity index (χ2n) is 5.69. The molecule has 0 radical (unpaired) electrons. The van der Waals surface area contributed by atoms with Gasteiger partial charge in [0.25, 0.3) is 0 Å². The SMILES string of the molecule is COC(=O)c1ccccc1NC(=O)C(=O)NCCc1ccc(S(N)(=O)=O)cc1. The molecule has 0 aliphatic heterocycles. The van der Waals surface area contributed by atoms with E-state index >= 15 is 0 Å². The van der Waals surface area contributed by atoms with Crippen molar-refractivity contribution in [3.63, 3.8) is 0 Å². The third kappa shape index (κ3) is 5.63. The number of nitrogens with two attached hydrogens (primary N) is 1. The van der Waals surface area contributed by atoms with Gasteiger partial charge in [0.15, 0.2) is 0 Å². The van der Waals surface area contributed by atoms with Gasteiger partial charge in [-0.25, -0.2) is 18.4 Å². The fourth-order valence-electron chi connectivity index (χ4n) is 2.31. The third-order valence-electron chi connectivity index (χ3n) is 3.74. The molecule has 2 rings (SSSR count). The van der Waals surface area contributed by atoms with Crippen molar-refractivity contribution in [1.82, 2.24) is 5.32 Å². The van der Waals surface area contributed by atoms with E-state index in [1.54, 1.807) is 24.3 Å². The maximum absolute atomic E-state index is 12.0. The number of methoxy groups -OCH3 is 1. The molecular formula is C18H19N3O6S. The molecule has 0 aromatic heterocycles. The van der Waals surface area contributed by atoms with E-state index in [0.717, 1.165) is 5.56 Å². The molecule has 0 aliphatic rings. The third-order valence-corrected chi connectivity index (χ3v) is 4.67. The summed E-state index contributed by atoms with van der Waals surface area (Å²) >= 11 is 0. The van der Waals surface area contributed by atoms with E-state index in [-0.39, 0.29) is 22.7 Å². The monoisotopic (exact) mass is 405 g/mol. The molecule has 0 unspecified atom stereocenters. The van der Waals surface area contributed by atoms with Crippen molar-refractivity contribution >= 4 is 33.5 Å². The van der Waals surface area contributed by atoms with Crippen LogP contribution in [0.4, 0.5) is 5.69 Å². The number of amides is 2. The summed E-state index contributed by atoms with van der Waals surface area (Å²) in [5, 5.41) is 9.84. The van der Waals surface area contributed by atoms with Gasteiger partial charge in [-0.1, -0.05) is 24.3 Å². The van der Waals surface area contributed by atoms with Crippen molar-refractivity contribution in [2.24, 2.45) is 5.14 Å². The lowest BCUT2D eigenvalue weighted by Gasteiger charge is -2.10. The van der Waals surface area contributed by atoms with Crippen molar-refractivity contribution in [3.05, 3.63) is 59.7 Å². The quantitative estimate of drug-likeness (QED) is 0.469. The lowest BCUT2D eigenvalue weighted by atomic mass is 10.1. The number of carbonyl (C=O) groups excluding carboxylic acids is 3. The van der Waals surface area contributed by atoms with Crippen LogP contribution in [0.1, 0.15) is 15.9 Å². The Morgan fingerprint density at radius 2 is 1.64 bits per heavy atom. The van der Waals surface area contributed by atoms with Crippen LogP contribution in [-0.2, 0) is 30.8 Å². The molecule has 0 atom stereocenters. The molecule has 4 N–H and O–H groups in total. The number of carbonyl (C=O) groups is 3. The lowest BCUT2D eigenvalue weighted by molar-refractivity contribution is -0.136. The van der Waals surface area contributed by atoms with Gasteiger partial charge >= 0.3 is 17.8 Å². The molecule has 148 valence electrons. The summed E-state index contributed by atoms with van der Waals surface area (Å²) in [4.78, 5) is 35.6.